The standard InChI is InChI=1S/C27H32ClF2N5O3S/c28-21-7-5-20(6-8-21)27(29,30)25(26(36)34-13-11-22(31)12-14-34)33-39(37,38)23-9-10-24-19(15-23)16-32-35(24)17-18-3-1-2-4-18/h5-10,15-16,18,22,25,33H,1-4,11-14,17,31H2/t25-/m1/s1. The van der Waals surface area contributed by atoms with Gasteiger partial charge in [0.1, 0.15) is 0 Å². The van der Waals surface area contributed by atoms with Crippen LogP contribution in [0.15, 0.2) is 53.6 Å². The van der Waals surface area contributed by atoms with E-state index < -0.39 is 33.5 Å². The van der Waals surface area contributed by atoms with Crippen LogP contribution in [0.1, 0.15) is 44.1 Å². The van der Waals surface area contributed by atoms with E-state index in [1.54, 1.807) is 12.3 Å². The van der Waals surface area contributed by atoms with E-state index >= 15 is 8.78 Å². The quantitative estimate of drug-likeness (QED) is 0.414. The molecule has 1 amide bonds. The molecule has 0 unspecified atom stereocenters. The first-order valence-corrected chi connectivity index (χ1v) is 15.1. The summed E-state index contributed by atoms with van der Waals surface area (Å²) in [5.74, 6) is -4.33. The van der Waals surface area contributed by atoms with Gasteiger partial charge >= 0.3 is 0 Å². The molecule has 1 saturated heterocycles. The van der Waals surface area contributed by atoms with Gasteiger partial charge in [-0.3, -0.25) is 9.48 Å². The number of halogens is 3. The maximum atomic E-state index is 15.9. The normalized spacial score (nSPS) is 18.6. The fraction of sp³-hybridized carbons (Fsp3) is 0.481. The van der Waals surface area contributed by atoms with Crippen LogP contribution in [0.25, 0.3) is 10.9 Å². The average molecular weight is 580 g/mol. The summed E-state index contributed by atoms with van der Waals surface area (Å²) in [6, 6.07) is 6.63. The SMILES string of the molecule is NC1CCN(C(=O)[C@@H](NS(=O)(=O)c2ccc3c(cnn3CC3CCCC3)c2)C(F)(F)c2ccc(Cl)cc2)CC1. The summed E-state index contributed by atoms with van der Waals surface area (Å²) in [5.41, 5.74) is 6.16. The number of nitrogens with zero attached hydrogens (tertiary/aromatic N) is 3. The largest absolute Gasteiger partial charge is 0.341 e. The average Bonchev–Trinajstić information content (AvgIpc) is 3.58. The summed E-state index contributed by atoms with van der Waals surface area (Å²) in [6.07, 6.45) is 7.13. The molecule has 2 fully saturated rings. The highest BCUT2D eigenvalue weighted by molar-refractivity contribution is 7.89. The van der Waals surface area contributed by atoms with Crippen molar-refractivity contribution in [2.75, 3.05) is 13.1 Å². The summed E-state index contributed by atoms with van der Waals surface area (Å²) in [7, 11) is -4.52. The monoisotopic (exact) mass is 579 g/mol. The van der Waals surface area contributed by atoms with Crippen molar-refractivity contribution in [2.24, 2.45) is 11.7 Å². The van der Waals surface area contributed by atoms with Gasteiger partial charge in [-0.25, -0.2) is 8.42 Å². The number of benzene rings is 2. The van der Waals surface area contributed by atoms with Gasteiger partial charge in [-0.05, 0) is 61.9 Å². The number of rotatable bonds is 8. The molecule has 1 atom stereocenters. The summed E-state index contributed by atoms with van der Waals surface area (Å²) in [5, 5.41) is 5.24. The Morgan fingerprint density at radius 3 is 2.44 bits per heavy atom. The predicted molar refractivity (Wildman–Crippen MR) is 145 cm³/mol. The van der Waals surface area contributed by atoms with Gasteiger partial charge in [0.25, 0.3) is 5.92 Å². The predicted octanol–water partition coefficient (Wildman–Crippen LogP) is 4.27. The van der Waals surface area contributed by atoms with E-state index in [-0.39, 0.29) is 29.0 Å². The van der Waals surface area contributed by atoms with Gasteiger partial charge in [-0.15, -0.1) is 0 Å². The van der Waals surface area contributed by atoms with E-state index in [1.165, 1.54) is 42.0 Å². The molecule has 0 spiro atoms. The third-order valence-corrected chi connectivity index (χ3v) is 9.46. The van der Waals surface area contributed by atoms with Crippen LogP contribution < -0.4 is 10.5 Å². The molecule has 12 heteroatoms. The number of aromatic nitrogens is 2. The Morgan fingerprint density at radius 2 is 1.77 bits per heavy atom. The zero-order valence-corrected chi connectivity index (χ0v) is 23.0. The number of piperidine rings is 1. The molecule has 1 aliphatic heterocycles. The van der Waals surface area contributed by atoms with Crippen molar-refractivity contribution in [1.82, 2.24) is 19.4 Å². The lowest BCUT2D eigenvalue weighted by atomic mass is 9.99. The first-order chi connectivity index (χ1) is 18.5. The Hall–Kier alpha value is -2.60. The Labute approximate surface area is 231 Å². The highest BCUT2D eigenvalue weighted by Crippen LogP contribution is 2.35. The van der Waals surface area contributed by atoms with Crippen LogP contribution in [0, 0.1) is 5.92 Å². The topological polar surface area (TPSA) is 110 Å². The highest BCUT2D eigenvalue weighted by atomic mass is 35.5. The molecule has 0 radical (unpaired) electrons. The van der Waals surface area contributed by atoms with Crippen molar-refractivity contribution >= 4 is 38.4 Å². The summed E-state index contributed by atoms with van der Waals surface area (Å²) in [6.45, 7) is 1.08. The Morgan fingerprint density at radius 1 is 1.10 bits per heavy atom. The van der Waals surface area contributed by atoms with Crippen LogP contribution in [0.4, 0.5) is 8.78 Å². The molecule has 0 bridgehead atoms. The van der Waals surface area contributed by atoms with Crippen LogP contribution in [0.3, 0.4) is 0 Å². The Bertz CT molecular complexity index is 1430. The van der Waals surface area contributed by atoms with Crippen molar-refractivity contribution in [1.29, 1.82) is 0 Å². The van der Waals surface area contributed by atoms with E-state index in [1.807, 2.05) is 9.40 Å². The molecule has 5 rings (SSSR count). The molecular formula is C27H32ClF2N5O3S. The first kappa shape index (κ1) is 27.9. The Kier molecular flexibility index (Phi) is 7.96. The van der Waals surface area contributed by atoms with Gasteiger partial charge in [0, 0.05) is 41.6 Å². The molecule has 1 aliphatic carbocycles. The van der Waals surface area contributed by atoms with Crippen molar-refractivity contribution in [3.63, 3.8) is 0 Å². The number of nitrogens with one attached hydrogen (secondary N) is 1. The van der Waals surface area contributed by atoms with Crippen molar-refractivity contribution in [2.45, 2.75) is 68.0 Å². The van der Waals surface area contributed by atoms with E-state index in [4.69, 9.17) is 17.3 Å². The van der Waals surface area contributed by atoms with Gasteiger partial charge in [0.2, 0.25) is 15.9 Å². The van der Waals surface area contributed by atoms with Crippen molar-refractivity contribution in [3.8, 4) is 0 Å². The van der Waals surface area contributed by atoms with Crippen LogP contribution in [-0.2, 0) is 27.3 Å². The molecule has 39 heavy (non-hydrogen) atoms. The molecule has 1 saturated carbocycles. The van der Waals surface area contributed by atoms with Gasteiger partial charge in [0.05, 0.1) is 16.6 Å². The maximum Gasteiger partial charge on any atom is 0.298 e. The number of amides is 1. The fourth-order valence-electron chi connectivity index (χ4n) is 5.46. The fourth-order valence-corrected chi connectivity index (χ4v) is 6.81. The van der Waals surface area contributed by atoms with Crippen LogP contribution in [-0.4, -0.2) is 54.2 Å². The molecule has 8 nitrogen and oxygen atoms in total. The number of sulfonamides is 1. The third-order valence-electron chi connectivity index (χ3n) is 7.79. The van der Waals surface area contributed by atoms with Gasteiger partial charge in [-0.1, -0.05) is 36.6 Å². The minimum atomic E-state index is -4.52. The minimum Gasteiger partial charge on any atom is -0.341 e. The highest BCUT2D eigenvalue weighted by Gasteiger charge is 2.50. The lowest BCUT2D eigenvalue weighted by Crippen LogP contribution is -2.57. The second-order valence-corrected chi connectivity index (χ2v) is 12.7. The summed E-state index contributed by atoms with van der Waals surface area (Å²) < 4.78 is 62.6. The van der Waals surface area contributed by atoms with E-state index in [9.17, 15) is 13.2 Å². The molecule has 210 valence electrons. The minimum absolute atomic E-state index is 0.137. The molecule has 2 aliphatic rings. The Balaban J connectivity index is 1.44. The number of fused-ring (bicyclic) bond motifs is 1. The number of hydrogen-bond acceptors (Lipinski definition) is 5. The third kappa shape index (κ3) is 5.96. The summed E-state index contributed by atoms with van der Waals surface area (Å²) >= 11 is 5.87. The molecule has 3 aromatic rings. The second kappa shape index (κ2) is 11.1. The molecule has 3 N–H and O–H groups in total. The van der Waals surface area contributed by atoms with E-state index in [0.29, 0.717) is 24.1 Å². The number of carbonyl (C=O) groups is 1. The van der Waals surface area contributed by atoms with Crippen LogP contribution in [0.5, 0.6) is 0 Å². The number of nitrogens with two attached hydrogens (primary N) is 1. The molecule has 2 aromatic carbocycles. The molecular weight excluding hydrogens is 548 g/mol. The molecule has 2 heterocycles. The lowest BCUT2D eigenvalue weighted by Gasteiger charge is -2.35. The van der Waals surface area contributed by atoms with E-state index in [0.717, 1.165) is 37.0 Å². The number of alkyl halides is 2. The first-order valence-electron chi connectivity index (χ1n) is 13.2. The van der Waals surface area contributed by atoms with Gasteiger partial charge in [-0.2, -0.15) is 18.6 Å². The van der Waals surface area contributed by atoms with E-state index in [2.05, 4.69) is 5.10 Å². The molecule has 1 aromatic heterocycles. The van der Waals surface area contributed by atoms with Crippen LogP contribution in [0.2, 0.25) is 5.02 Å². The number of carbonyl (C=O) groups excluding carboxylic acids is 1. The summed E-state index contributed by atoms with van der Waals surface area (Å²) in [4.78, 5) is 14.4. The second-order valence-electron chi connectivity index (χ2n) is 10.5. The van der Waals surface area contributed by atoms with Gasteiger partial charge in [0.15, 0.2) is 6.04 Å². The van der Waals surface area contributed by atoms with Crippen LogP contribution >= 0.6 is 11.6 Å². The maximum absolute atomic E-state index is 15.9. The zero-order chi connectivity index (χ0) is 27.8. The smallest absolute Gasteiger partial charge is 0.298 e. The van der Waals surface area contributed by atoms with Gasteiger partial charge < -0.3 is 10.6 Å². The number of likely N-dealkylation sites (tertiary alicyclic amines) is 1. The lowest BCUT2D eigenvalue weighted by molar-refractivity contribution is -0.145. The van der Waals surface area contributed by atoms with Crippen molar-refractivity contribution < 1.29 is 22.0 Å². The van der Waals surface area contributed by atoms with Crippen molar-refractivity contribution in [3.05, 3.63) is 59.2 Å². The zero-order valence-electron chi connectivity index (χ0n) is 21.4. The number of hydrogen-bond donors (Lipinski definition) is 2.